The highest BCUT2D eigenvalue weighted by Gasteiger charge is 2.16. The van der Waals surface area contributed by atoms with Gasteiger partial charge in [-0.25, -0.2) is 0 Å². The van der Waals surface area contributed by atoms with Crippen molar-refractivity contribution in [3.63, 3.8) is 0 Å². The van der Waals surface area contributed by atoms with Crippen molar-refractivity contribution in [2.45, 2.75) is 39.3 Å². The van der Waals surface area contributed by atoms with E-state index in [1.807, 2.05) is 0 Å². The van der Waals surface area contributed by atoms with E-state index in [1.54, 1.807) is 0 Å². The summed E-state index contributed by atoms with van der Waals surface area (Å²) in [4.78, 5) is 0. The van der Waals surface area contributed by atoms with Crippen LogP contribution < -0.4 is 5.32 Å². The number of rotatable bonds is 7. The van der Waals surface area contributed by atoms with Crippen molar-refractivity contribution >= 4 is 0 Å². The van der Waals surface area contributed by atoms with Crippen LogP contribution in [0, 0.1) is 0 Å². The topological polar surface area (TPSA) is 12.0 Å². The van der Waals surface area contributed by atoms with Gasteiger partial charge in [-0.05, 0) is 31.4 Å². The van der Waals surface area contributed by atoms with Crippen molar-refractivity contribution in [3.05, 3.63) is 95.6 Å². The monoisotopic (exact) mass is 305 g/mol. The highest BCUT2D eigenvalue weighted by molar-refractivity contribution is 5.30. The number of nitrogens with one attached hydrogen (secondary N) is 1. The molecule has 23 heavy (non-hydrogen) atoms. The van der Waals surface area contributed by atoms with Gasteiger partial charge >= 0.3 is 0 Å². The Balaban J connectivity index is 2.23. The molecule has 0 saturated carbocycles. The van der Waals surface area contributed by atoms with Crippen molar-refractivity contribution in [1.29, 1.82) is 0 Å². The molecule has 1 N–H and O–H groups in total. The Morgan fingerprint density at radius 1 is 0.957 bits per heavy atom. The van der Waals surface area contributed by atoms with Crippen LogP contribution in [0.2, 0.25) is 0 Å². The van der Waals surface area contributed by atoms with Gasteiger partial charge in [0.2, 0.25) is 0 Å². The average molecular weight is 305 g/mol. The van der Waals surface area contributed by atoms with Gasteiger partial charge < -0.3 is 0 Å². The van der Waals surface area contributed by atoms with E-state index in [1.165, 1.54) is 16.7 Å². The maximum Gasteiger partial charge on any atom is 0.0541 e. The molecule has 0 aliphatic carbocycles. The van der Waals surface area contributed by atoms with Crippen LogP contribution in [0.1, 0.15) is 50.4 Å². The molecule has 0 spiro atoms. The zero-order chi connectivity index (χ0) is 16.5. The number of allylic oxidation sites excluding steroid dienone is 3. The summed E-state index contributed by atoms with van der Waals surface area (Å²) in [5.74, 6) is 0. The molecule has 0 saturated heterocycles. The first kappa shape index (κ1) is 17.2. The Labute approximate surface area is 140 Å². The lowest BCUT2D eigenvalue weighted by molar-refractivity contribution is 0.510. The Kier molecular flexibility index (Phi) is 6.83. The third-order valence-corrected chi connectivity index (χ3v) is 4.04. The van der Waals surface area contributed by atoms with E-state index >= 15 is 0 Å². The molecular weight excluding hydrogens is 278 g/mol. The van der Waals surface area contributed by atoms with E-state index in [9.17, 15) is 0 Å². The van der Waals surface area contributed by atoms with Gasteiger partial charge in [0.15, 0.2) is 0 Å². The maximum absolute atomic E-state index is 3.77. The van der Waals surface area contributed by atoms with E-state index in [4.69, 9.17) is 0 Å². The van der Waals surface area contributed by atoms with Crippen molar-refractivity contribution in [3.8, 4) is 0 Å². The number of benzene rings is 2. The fourth-order valence-corrected chi connectivity index (χ4v) is 2.68. The lowest BCUT2D eigenvalue weighted by Crippen LogP contribution is -2.25. The third kappa shape index (κ3) is 5.22. The summed E-state index contributed by atoms with van der Waals surface area (Å²) in [5, 5.41) is 3.77. The van der Waals surface area contributed by atoms with Crippen molar-refractivity contribution in [2.75, 3.05) is 0 Å². The van der Waals surface area contributed by atoms with Crippen molar-refractivity contribution in [2.24, 2.45) is 0 Å². The average Bonchev–Trinajstić information content (AvgIpc) is 2.61. The van der Waals surface area contributed by atoms with Crippen LogP contribution >= 0.6 is 0 Å². The molecule has 2 unspecified atom stereocenters. The SMILES string of the molecule is CC/C=C\C=C(/C)C(NC(C)c1ccccc1)c1ccccc1. The van der Waals surface area contributed by atoms with E-state index < -0.39 is 0 Å². The quantitative estimate of drug-likeness (QED) is 0.619. The molecule has 0 aromatic heterocycles. The van der Waals surface area contributed by atoms with Crippen LogP contribution in [-0.2, 0) is 0 Å². The minimum absolute atomic E-state index is 0.216. The summed E-state index contributed by atoms with van der Waals surface area (Å²) >= 11 is 0. The Morgan fingerprint density at radius 2 is 1.52 bits per heavy atom. The van der Waals surface area contributed by atoms with E-state index in [0.717, 1.165) is 6.42 Å². The summed E-state index contributed by atoms with van der Waals surface area (Å²) in [7, 11) is 0. The third-order valence-electron chi connectivity index (χ3n) is 4.04. The molecule has 0 amide bonds. The van der Waals surface area contributed by atoms with Crippen molar-refractivity contribution in [1.82, 2.24) is 5.32 Å². The minimum Gasteiger partial charge on any atom is -0.300 e. The van der Waals surface area contributed by atoms with Gasteiger partial charge in [0.05, 0.1) is 6.04 Å². The fraction of sp³-hybridized carbons (Fsp3) is 0.273. The van der Waals surface area contributed by atoms with Gasteiger partial charge in [-0.1, -0.05) is 91.4 Å². The lowest BCUT2D eigenvalue weighted by atomic mass is 9.97. The Morgan fingerprint density at radius 3 is 2.09 bits per heavy atom. The summed E-state index contributed by atoms with van der Waals surface area (Å²) in [6, 6.07) is 21.8. The maximum atomic E-state index is 3.77. The first-order chi connectivity index (χ1) is 11.2. The molecule has 1 nitrogen and oxygen atoms in total. The second kappa shape index (κ2) is 9.12. The normalized spacial score (nSPS) is 14.8. The summed E-state index contributed by atoms with van der Waals surface area (Å²) in [6.07, 6.45) is 7.62. The zero-order valence-corrected chi connectivity index (χ0v) is 14.4. The van der Waals surface area contributed by atoms with Gasteiger partial charge in [0.25, 0.3) is 0 Å². The standard InChI is InChI=1S/C22H27N/c1-4-5-8-13-18(2)22(21-16-11-7-12-17-21)23-19(3)20-14-9-6-10-15-20/h5-17,19,22-23H,4H2,1-3H3/b8-5-,18-13+. The van der Waals surface area contributed by atoms with Crippen molar-refractivity contribution < 1.29 is 0 Å². The van der Waals surface area contributed by atoms with Gasteiger partial charge in [-0.2, -0.15) is 0 Å². The lowest BCUT2D eigenvalue weighted by Gasteiger charge is -2.25. The van der Waals surface area contributed by atoms with E-state index in [2.05, 4.69) is 105 Å². The summed E-state index contributed by atoms with van der Waals surface area (Å²) < 4.78 is 0. The summed E-state index contributed by atoms with van der Waals surface area (Å²) in [6.45, 7) is 6.58. The summed E-state index contributed by atoms with van der Waals surface area (Å²) in [5.41, 5.74) is 3.93. The second-order valence-corrected chi connectivity index (χ2v) is 5.89. The Bertz CT molecular complexity index is 626. The molecule has 2 atom stereocenters. The van der Waals surface area contributed by atoms with Crippen LogP contribution in [0.4, 0.5) is 0 Å². The molecule has 0 fully saturated rings. The highest BCUT2D eigenvalue weighted by atomic mass is 14.9. The first-order valence-electron chi connectivity index (χ1n) is 8.41. The fourth-order valence-electron chi connectivity index (χ4n) is 2.68. The molecule has 2 aromatic rings. The van der Waals surface area contributed by atoms with E-state index in [0.29, 0.717) is 6.04 Å². The first-order valence-corrected chi connectivity index (χ1v) is 8.41. The molecule has 120 valence electrons. The van der Waals surface area contributed by atoms with E-state index in [-0.39, 0.29) is 6.04 Å². The van der Waals surface area contributed by atoms with Gasteiger partial charge in [0.1, 0.15) is 0 Å². The molecule has 2 rings (SSSR count). The van der Waals surface area contributed by atoms with Crippen LogP contribution in [0.15, 0.2) is 84.5 Å². The zero-order valence-electron chi connectivity index (χ0n) is 14.4. The van der Waals surface area contributed by atoms with Gasteiger partial charge in [-0.3, -0.25) is 5.32 Å². The largest absolute Gasteiger partial charge is 0.300 e. The molecule has 0 aliphatic rings. The van der Waals surface area contributed by atoms with Crippen LogP contribution in [0.25, 0.3) is 0 Å². The molecule has 0 heterocycles. The van der Waals surface area contributed by atoms with Crippen LogP contribution in [0.5, 0.6) is 0 Å². The highest BCUT2D eigenvalue weighted by Crippen LogP contribution is 2.25. The minimum atomic E-state index is 0.216. The predicted octanol–water partition coefficient (Wildman–Crippen LogP) is 5.99. The molecule has 2 aromatic carbocycles. The molecule has 0 aliphatic heterocycles. The smallest absolute Gasteiger partial charge is 0.0541 e. The molecular formula is C22H27N. The molecule has 0 radical (unpaired) electrons. The predicted molar refractivity (Wildman–Crippen MR) is 100 cm³/mol. The van der Waals surface area contributed by atoms with Crippen LogP contribution in [0.3, 0.4) is 0 Å². The van der Waals surface area contributed by atoms with Gasteiger partial charge in [0, 0.05) is 6.04 Å². The number of hydrogen-bond donors (Lipinski definition) is 1. The van der Waals surface area contributed by atoms with Crippen LogP contribution in [-0.4, -0.2) is 0 Å². The van der Waals surface area contributed by atoms with Gasteiger partial charge in [-0.15, -0.1) is 0 Å². The second-order valence-electron chi connectivity index (χ2n) is 5.89. The molecule has 0 bridgehead atoms. The molecule has 1 heteroatoms. The number of hydrogen-bond acceptors (Lipinski definition) is 1. The Hall–Kier alpha value is -2.12.